The molecule has 24 heavy (non-hydrogen) atoms. The SMILES string of the molecule is C=CCN(c1ccc(CNCc2ccc(Cl)cc2)cc1)S(C)(=O)=O. The van der Waals surface area contributed by atoms with Crippen molar-refractivity contribution < 1.29 is 8.42 Å². The number of nitrogens with one attached hydrogen (secondary N) is 1. The average molecular weight is 365 g/mol. The highest BCUT2D eigenvalue weighted by Crippen LogP contribution is 2.18. The van der Waals surface area contributed by atoms with Crippen molar-refractivity contribution in [3.8, 4) is 0 Å². The molecule has 2 aromatic rings. The molecule has 4 nitrogen and oxygen atoms in total. The van der Waals surface area contributed by atoms with Gasteiger partial charge in [-0.15, -0.1) is 6.58 Å². The Morgan fingerprint density at radius 1 is 1.04 bits per heavy atom. The van der Waals surface area contributed by atoms with Gasteiger partial charge in [0.15, 0.2) is 0 Å². The van der Waals surface area contributed by atoms with Crippen LogP contribution >= 0.6 is 11.6 Å². The number of hydrogen-bond donors (Lipinski definition) is 1. The zero-order valence-corrected chi connectivity index (χ0v) is 15.1. The summed E-state index contributed by atoms with van der Waals surface area (Å²) in [4.78, 5) is 0. The number of hydrogen-bond acceptors (Lipinski definition) is 3. The Kier molecular flexibility index (Phi) is 6.43. The standard InChI is InChI=1S/C18H21ClN2O2S/c1-3-12-21(24(2,22)23)18-10-6-16(7-11-18)14-20-13-15-4-8-17(19)9-5-15/h3-11,20H,1,12-14H2,2H3. The first-order valence-electron chi connectivity index (χ1n) is 7.53. The van der Waals surface area contributed by atoms with Crippen LogP contribution in [0.3, 0.4) is 0 Å². The Morgan fingerprint density at radius 3 is 2.00 bits per heavy atom. The summed E-state index contributed by atoms with van der Waals surface area (Å²) in [5.41, 5.74) is 2.88. The van der Waals surface area contributed by atoms with Crippen LogP contribution in [-0.2, 0) is 23.1 Å². The lowest BCUT2D eigenvalue weighted by molar-refractivity contribution is 0.598. The first kappa shape index (κ1) is 18.5. The van der Waals surface area contributed by atoms with Gasteiger partial charge in [-0.05, 0) is 35.4 Å². The van der Waals surface area contributed by atoms with E-state index in [2.05, 4.69) is 11.9 Å². The van der Waals surface area contributed by atoms with Gasteiger partial charge in [-0.2, -0.15) is 0 Å². The summed E-state index contributed by atoms with van der Waals surface area (Å²) in [6, 6.07) is 15.2. The van der Waals surface area contributed by atoms with Gasteiger partial charge in [0.05, 0.1) is 18.5 Å². The van der Waals surface area contributed by atoms with Crippen LogP contribution in [-0.4, -0.2) is 21.2 Å². The van der Waals surface area contributed by atoms with Gasteiger partial charge < -0.3 is 5.32 Å². The maximum Gasteiger partial charge on any atom is 0.232 e. The molecule has 1 N–H and O–H groups in total. The molecule has 0 saturated heterocycles. The van der Waals surface area contributed by atoms with E-state index in [1.807, 2.05) is 48.5 Å². The molecule has 0 bridgehead atoms. The van der Waals surface area contributed by atoms with Crippen molar-refractivity contribution >= 4 is 27.3 Å². The Labute approximate surface area is 148 Å². The lowest BCUT2D eigenvalue weighted by Gasteiger charge is -2.20. The smallest absolute Gasteiger partial charge is 0.232 e. The van der Waals surface area contributed by atoms with Crippen LogP contribution in [0.15, 0.2) is 61.2 Å². The second kappa shape index (κ2) is 8.33. The van der Waals surface area contributed by atoms with Crippen LogP contribution in [0, 0.1) is 0 Å². The van der Waals surface area contributed by atoms with E-state index in [1.54, 1.807) is 6.08 Å². The topological polar surface area (TPSA) is 49.4 Å². The molecule has 0 amide bonds. The summed E-state index contributed by atoms with van der Waals surface area (Å²) < 4.78 is 25.0. The minimum Gasteiger partial charge on any atom is -0.309 e. The summed E-state index contributed by atoms with van der Waals surface area (Å²) >= 11 is 5.86. The van der Waals surface area contributed by atoms with Crippen molar-refractivity contribution in [1.82, 2.24) is 5.32 Å². The van der Waals surface area contributed by atoms with E-state index in [4.69, 9.17) is 11.6 Å². The van der Waals surface area contributed by atoms with Gasteiger partial charge in [-0.1, -0.05) is 41.9 Å². The second-order valence-corrected chi connectivity index (χ2v) is 7.82. The molecule has 0 atom stereocenters. The van der Waals surface area contributed by atoms with Crippen molar-refractivity contribution in [1.29, 1.82) is 0 Å². The van der Waals surface area contributed by atoms with E-state index in [0.29, 0.717) is 12.2 Å². The molecule has 128 valence electrons. The van der Waals surface area contributed by atoms with Crippen molar-refractivity contribution in [2.45, 2.75) is 13.1 Å². The average Bonchev–Trinajstić information content (AvgIpc) is 2.54. The van der Waals surface area contributed by atoms with Gasteiger partial charge in [-0.25, -0.2) is 8.42 Å². The molecular formula is C18H21ClN2O2S. The van der Waals surface area contributed by atoms with Crippen molar-refractivity contribution in [3.05, 3.63) is 77.3 Å². The minimum absolute atomic E-state index is 0.257. The van der Waals surface area contributed by atoms with Gasteiger partial charge in [0, 0.05) is 18.1 Å². The fourth-order valence-electron chi connectivity index (χ4n) is 2.28. The van der Waals surface area contributed by atoms with E-state index < -0.39 is 10.0 Å². The normalized spacial score (nSPS) is 11.2. The first-order chi connectivity index (χ1) is 11.4. The Balaban J connectivity index is 1.96. The third-order valence-electron chi connectivity index (χ3n) is 3.49. The van der Waals surface area contributed by atoms with E-state index in [1.165, 1.54) is 10.6 Å². The third kappa shape index (κ3) is 5.37. The third-order valence-corrected chi connectivity index (χ3v) is 4.90. The Hall–Kier alpha value is -1.82. The highest BCUT2D eigenvalue weighted by molar-refractivity contribution is 7.92. The Morgan fingerprint density at radius 2 is 1.54 bits per heavy atom. The zero-order chi connectivity index (χ0) is 17.6. The molecule has 2 rings (SSSR count). The van der Waals surface area contributed by atoms with Crippen LogP contribution < -0.4 is 9.62 Å². The van der Waals surface area contributed by atoms with E-state index >= 15 is 0 Å². The van der Waals surface area contributed by atoms with Gasteiger partial charge in [0.1, 0.15) is 0 Å². The first-order valence-corrected chi connectivity index (χ1v) is 9.75. The number of nitrogens with zero attached hydrogens (tertiary/aromatic N) is 1. The molecule has 0 fully saturated rings. The molecule has 6 heteroatoms. The maximum absolute atomic E-state index is 11.8. The summed E-state index contributed by atoms with van der Waals surface area (Å²) in [5.74, 6) is 0. The predicted molar refractivity (Wildman–Crippen MR) is 101 cm³/mol. The lowest BCUT2D eigenvalue weighted by Crippen LogP contribution is -2.29. The molecule has 0 aliphatic rings. The molecule has 0 unspecified atom stereocenters. The number of benzene rings is 2. The van der Waals surface area contributed by atoms with E-state index in [-0.39, 0.29) is 6.54 Å². The highest BCUT2D eigenvalue weighted by Gasteiger charge is 2.15. The van der Waals surface area contributed by atoms with Gasteiger partial charge in [0.25, 0.3) is 0 Å². The fourth-order valence-corrected chi connectivity index (χ4v) is 3.29. The van der Waals surface area contributed by atoms with E-state index in [0.717, 1.165) is 22.7 Å². The minimum atomic E-state index is -3.31. The Bertz CT molecular complexity index is 772. The molecule has 0 aliphatic heterocycles. The summed E-state index contributed by atoms with van der Waals surface area (Å²) in [6.45, 7) is 5.30. The molecule has 0 spiro atoms. The number of sulfonamides is 1. The largest absolute Gasteiger partial charge is 0.309 e. The van der Waals surface area contributed by atoms with Gasteiger partial charge >= 0.3 is 0 Å². The number of rotatable bonds is 8. The highest BCUT2D eigenvalue weighted by atomic mass is 35.5. The summed E-state index contributed by atoms with van der Waals surface area (Å²) in [7, 11) is -3.31. The molecule has 2 aromatic carbocycles. The molecular weight excluding hydrogens is 344 g/mol. The van der Waals surface area contributed by atoms with Crippen LogP contribution in [0.5, 0.6) is 0 Å². The van der Waals surface area contributed by atoms with Crippen LogP contribution in [0.4, 0.5) is 5.69 Å². The van der Waals surface area contributed by atoms with Gasteiger partial charge in [0.2, 0.25) is 10.0 Å². The lowest BCUT2D eigenvalue weighted by atomic mass is 10.2. The molecule has 0 aromatic heterocycles. The number of halogens is 1. The zero-order valence-electron chi connectivity index (χ0n) is 13.6. The van der Waals surface area contributed by atoms with Crippen molar-refractivity contribution in [2.24, 2.45) is 0 Å². The fraction of sp³-hybridized carbons (Fsp3) is 0.222. The second-order valence-electron chi connectivity index (χ2n) is 5.48. The maximum atomic E-state index is 11.8. The quantitative estimate of drug-likeness (QED) is 0.728. The van der Waals surface area contributed by atoms with Crippen LogP contribution in [0.1, 0.15) is 11.1 Å². The van der Waals surface area contributed by atoms with Crippen molar-refractivity contribution in [2.75, 3.05) is 17.1 Å². The van der Waals surface area contributed by atoms with Crippen LogP contribution in [0.25, 0.3) is 0 Å². The molecule has 0 aliphatic carbocycles. The summed E-state index contributed by atoms with van der Waals surface area (Å²) in [6.07, 6.45) is 2.76. The summed E-state index contributed by atoms with van der Waals surface area (Å²) in [5, 5.41) is 4.08. The molecule has 0 heterocycles. The predicted octanol–water partition coefficient (Wildman–Crippen LogP) is 3.58. The van der Waals surface area contributed by atoms with Gasteiger partial charge in [-0.3, -0.25) is 4.31 Å². The molecule has 0 saturated carbocycles. The number of anilines is 1. The van der Waals surface area contributed by atoms with Crippen molar-refractivity contribution in [3.63, 3.8) is 0 Å². The van der Waals surface area contributed by atoms with E-state index in [9.17, 15) is 8.42 Å². The van der Waals surface area contributed by atoms with Crippen LogP contribution in [0.2, 0.25) is 5.02 Å². The monoisotopic (exact) mass is 364 g/mol. The molecule has 0 radical (unpaired) electrons.